The number of rotatable bonds is 5. The largest absolute Gasteiger partial charge is 0.510 e. The van der Waals surface area contributed by atoms with Crippen LogP contribution in [0.15, 0.2) is 17.9 Å². The van der Waals surface area contributed by atoms with Gasteiger partial charge >= 0.3 is 0 Å². The van der Waals surface area contributed by atoms with Gasteiger partial charge in [0, 0.05) is 17.0 Å². The van der Waals surface area contributed by atoms with Crippen molar-refractivity contribution in [1.82, 2.24) is 4.98 Å². The van der Waals surface area contributed by atoms with Gasteiger partial charge in [0.15, 0.2) is 11.5 Å². The lowest BCUT2D eigenvalue weighted by Crippen LogP contribution is -2.26. The molecule has 1 aliphatic rings. The molecule has 0 aliphatic carbocycles. The number of thiazole rings is 1. The van der Waals surface area contributed by atoms with Crippen LogP contribution < -0.4 is 19.1 Å². The Labute approximate surface area is 156 Å². The summed E-state index contributed by atoms with van der Waals surface area (Å²) in [6.45, 7) is 4.08. The number of nitrogens with zero attached hydrogens (tertiary/aromatic N) is 2. The van der Waals surface area contributed by atoms with Crippen molar-refractivity contribution in [2.24, 2.45) is 0 Å². The van der Waals surface area contributed by atoms with E-state index in [1.54, 1.807) is 31.3 Å². The summed E-state index contributed by atoms with van der Waals surface area (Å²) < 4.78 is 16.1. The van der Waals surface area contributed by atoms with E-state index in [4.69, 9.17) is 19.6 Å². The van der Waals surface area contributed by atoms with Gasteiger partial charge in [-0.1, -0.05) is 0 Å². The van der Waals surface area contributed by atoms with Crippen molar-refractivity contribution in [1.29, 1.82) is 5.41 Å². The van der Waals surface area contributed by atoms with E-state index >= 15 is 0 Å². The van der Waals surface area contributed by atoms with Crippen LogP contribution in [-0.4, -0.2) is 43.8 Å². The third-order valence-corrected chi connectivity index (χ3v) is 5.40. The minimum atomic E-state index is 0.123. The zero-order valence-corrected chi connectivity index (χ0v) is 16.2. The van der Waals surface area contributed by atoms with Crippen LogP contribution in [0.3, 0.4) is 0 Å². The number of anilines is 1. The normalized spacial score (nSPS) is 14.2. The molecule has 26 heavy (non-hydrogen) atoms. The van der Waals surface area contributed by atoms with E-state index in [1.165, 1.54) is 18.4 Å². The highest BCUT2D eigenvalue weighted by Gasteiger charge is 2.32. The molecule has 7 nitrogen and oxygen atoms in total. The SMILES string of the molecule is COc1cc(N2CC(O)=C(c3nc(C)c(C)s3)C2=N)cc(OC)c1OC. The van der Waals surface area contributed by atoms with Crippen LogP contribution in [0.5, 0.6) is 17.2 Å². The van der Waals surface area contributed by atoms with Gasteiger partial charge in [-0.25, -0.2) is 4.98 Å². The fourth-order valence-electron chi connectivity index (χ4n) is 2.83. The van der Waals surface area contributed by atoms with E-state index in [2.05, 4.69) is 4.98 Å². The van der Waals surface area contributed by atoms with Crippen molar-refractivity contribution < 1.29 is 19.3 Å². The molecular formula is C18H21N3O4S. The first kappa shape index (κ1) is 18.1. The number of ether oxygens (including phenoxy) is 3. The van der Waals surface area contributed by atoms with Crippen LogP contribution in [0, 0.1) is 19.3 Å². The molecule has 138 valence electrons. The van der Waals surface area contributed by atoms with Crippen LogP contribution in [0.2, 0.25) is 0 Å². The zero-order valence-electron chi connectivity index (χ0n) is 15.3. The van der Waals surface area contributed by atoms with Gasteiger partial charge in [0.1, 0.15) is 16.6 Å². The first-order valence-corrected chi connectivity index (χ1v) is 8.75. The highest BCUT2D eigenvalue weighted by molar-refractivity contribution is 7.13. The van der Waals surface area contributed by atoms with Crippen molar-refractivity contribution in [3.05, 3.63) is 33.5 Å². The maximum absolute atomic E-state index is 10.5. The second-order valence-corrected chi connectivity index (χ2v) is 7.00. The van der Waals surface area contributed by atoms with Gasteiger partial charge in [-0.05, 0) is 13.8 Å². The molecule has 3 rings (SSSR count). The van der Waals surface area contributed by atoms with Gasteiger partial charge in [-0.2, -0.15) is 0 Å². The summed E-state index contributed by atoms with van der Waals surface area (Å²) in [7, 11) is 4.62. The van der Waals surface area contributed by atoms with E-state index in [-0.39, 0.29) is 18.1 Å². The van der Waals surface area contributed by atoms with Gasteiger partial charge < -0.3 is 24.2 Å². The molecule has 1 aromatic heterocycles. The molecule has 2 aromatic rings. The molecule has 8 heteroatoms. The molecule has 0 fully saturated rings. The molecule has 0 saturated heterocycles. The van der Waals surface area contributed by atoms with E-state index in [0.29, 0.717) is 33.5 Å². The Morgan fingerprint density at radius 3 is 2.19 bits per heavy atom. The highest BCUT2D eigenvalue weighted by Crippen LogP contribution is 2.43. The van der Waals surface area contributed by atoms with Crippen molar-refractivity contribution >= 4 is 28.4 Å². The maximum Gasteiger partial charge on any atom is 0.203 e. The van der Waals surface area contributed by atoms with Gasteiger partial charge in [-0.3, -0.25) is 5.41 Å². The number of aryl methyl sites for hydroxylation is 2. The van der Waals surface area contributed by atoms with Crippen LogP contribution >= 0.6 is 11.3 Å². The van der Waals surface area contributed by atoms with Crippen LogP contribution in [0.1, 0.15) is 15.6 Å². The lowest BCUT2D eigenvalue weighted by molar-refractivity contribution is 0.324. The predicted octanol–water partition coefficient (Wildman–Crippen LogP) is 3.55. The molecule has 0 amide bonds. The Balaban J connectivity index is 2.01. The van der Waals surface area contributed by atoms with Crippen molar-refractivity contribution in [2.75, 3.05) is 32.8 Å². The monoisotopic (exact) mass is 375 g/mol. The Morgan fingerprint density at radius 2 is 1.73 bits per heavy atom. The number of hydrogen-bond donors (Lipinski definition) is 2. The first-order chi connectivity index (χ1) is 12.4. The van der Waals surface area contributed by atoms with Crippen molar-refractivity contribution in [3.63, 3.8) is 0 Å². The topological polar surface area (TPSA) is 87.9 Å². The summed E-state index contributed by atoms with van der Waals surface area (Å²) >= 11 is 1.47. The number of nitrogens with one attached hydrogen (secondary N) is 1. The van der Waals surface area contributed by atoms with Crippen LogP contribution in [0.25, 0.3) is 5.57 Å². The standard InChI is InChI=1S/C18H21N3O4S/c1-9-10(2)26-18(20-9)15-12(22)8-21(17(15)19)11-6-13(23-3)16(25-5)14(7-11)24-4/h6-7,19,22H,8H2,1-5H3. The number of aliphatic hydroxyl groups excluding tert-OH is 1. The molecule has 0 spiro atoms. The molecule has 0 unspecified atom stereocenters. The average molecular weight is 375 g/mol. The van der Waals surface area contributed by atoms with Gasteiger partial charge in [0.25, 0.3) is 0 Å². The van der Waals surface area contributed by atoms with Gasteiger partial charge in [-0.15, -0.1) is 11.3 Å². The minimum absolute atomic E-state index is 0.123. The summed E-state index contributed by atoms with van der Waals surface area (Å²) in [6.07, 6.45) is 0. The average Bonchev–Trinajstić information content (AvgIpc) is 3.11. The Hall–Kier alpha value is -2.74. The second-order valence-electron chi connectivity index (χ2n) is 5.80. The molecule has 0 saturated carbocycles. The molecule has 0 bridgehead atoms. The molecule has 2 N–H and O–H groups in total. The van der Waals surface area contributed by atoms with Gasteiger partial charge in [0.2, 0.25) is 5.75 Å². The highest BCUT2D eigenvalue weighted by atomic mass is 32.1. The van der Waals surface area contributed by atoms with E-state index in [0.717, 1.165) is 10.6 Å². The fourth-order valence-corrected chi connectivity index (χ4v) is 3.81. The van der Waals surface area contributed by atoms with Gasteiger partial charge in [0.05, 0.1) is 44.8 Å². The summed E-state index contributed by atoms with van der Waals surface area (Å²) in [5.41, 5.74) is 2.03. The zero-order chi connectivity index (χ0) is 19.0. The lowest BCUT2D eigenvalue weighted by Gasteiger charge is -2.21. The summed E-state index contributed by atoms with van der Waals surface area (Å²) in [5, 5.41) is 19.7. The minimum Gasteiger partial charge on any atom is -0.510 e. The number of amidine groups is 1. The molecular weight excluding hydrogens is 354 g/mol. The third kappa shape index (κ3) is 2.86. The predicted molar refractivity (Wildman–Crippen MR) is 102 cm³/mol. The Morgan fingerprint density at radius 1 is 1.12 bits per heavy atom. The van der Waals surface area contributed by atoms with E-state index in [1.807, 2.05) is 13.8 Å². The number of aliphatic hydroxyl groups is 1. The number of benzene rings is 1. The molecule has 0 atom stereocenters. The maximum atomic E-state index is 10.5. The van der Waals surface area contributed by atoms with Crippen LogP contribution in [0.4, 0.5) is 5.69 Å². The summed E-state index contributed by atoms with van der Waals surface area (Å²) in [4.78, 5) is 7.23. The Bertz CT molecular complexity index is 859. The first-order valence-electron chi connectivity index (χ1n) is 7.94. The molecule has 2 heterocycles. The smallest absolute Gasteiger partial charge is 0.203 e. The number of aromatic nitrogens is 1. The molecule has 1 aromatic carbocycles. The second kappa shape index (κ2) is 6.87. The van der Waals surface area contributed by atoms with Crippen molar-refractivity contribution in [2.45, 2.75) is 13.8 Å². The third-order valence-electron chi connectivity index (χ3n) is 4.31. The molecule has 0 radical (unpaired) electrons. The van der Waals surface area contributed by atoms with Crippen LogP contribution in [-0.2, 0) is 0 Å². The van der Waals surface area contributed by atoms with E-state index in [9.17, 15) is 5.11 Å². The fraction of sp³-hybridized carbons (Fsp3) is 0.333. The summed E-state index contributed by atoms with van der Waals surface area (Å²) in [5.74, 6) is 1.77. The number of hydrogen-bond acceptors (Lipinski definition) is 7. The quantitative estimate of drug-likeness (QED) is 0.831. The summed E-state index contributed by atoms with van der Waals surface area (Å²) in [6, 6.07) is 3.51. The van der Waals surface area contributed by atoms with E-state index < -0.39 is 0 Å². The Kier molecular flexibility index (Phi) is 4.78. The lowest BCUT2D eigenvalue weighted by atomic mass is 10.2. The molecule has 1 aliphatic heterocycles. The number of methoxy groups -OCH3 is 3. The van der Waals surface area contributed by atoms with Crippen molar-refractivity contribution in [3.8, 4) is 17.2 Å².